The Hall–Kier alpha value is -1.17. The van der Waals surface area contributed by atoms with Crippen LogP contribution in [0.25, 0.3) is 0 Å². The Morgan fingerprint density at radius 1 is 1.50 bits per heavy atom. The lowest BCUT2D eigenvalue weighted by molar-refractivity contribution is -0.136. The molecule has 1 aromatic heterocycles. The highest BCUT2D eigenvalue weighted by Crippen LogP contribution is 2.15. The second-order valence-electron chi connectivity index (χ2n) is 4.26. The lowest BCUT2D eigenvalue weighted by Crippen LogP contribution is -2.23. The van der Waals surface area contributed by atoms with Crippen molar-refractivity contribution in [2.75, 3.05) is 0 Å². The van der Waals surface area contributed by atoms with E-state index in [-0.39, 0.29) is 5.75 Å². The van der Waals surface area contributed by atoms with E-state index in [4.69, 9.17) is 5.11 Å². The summed E-state index contributed by atoms with van der Waals surface area (Å²) in [5.74, 6) is -0.839. The van der Waals surface area contributed by atoms with Gasteiger partial charge in [0, 0.05) is 17.0 Å². The zero-order chi connectivity index (χ0) is 13.7. The predicted molar refractivity (Wildman–Crippen MR) is 70.8 cm³/mol. The molecule has 1 N–H and O–H groups in total. The largest absolute Gasteiger partial charge is 0.480 e. The lowest BCUT2D eigenvalue weighted by atomic mass is 10.2. The van der Waals surface area contributed by atoms with E-state index >= 15 is 0 Å². The Bertz CT molecular complexity index is 427. The van der Waals surface area contributed by atoms with Crippen LogP contribution in [0.1, 0.15) is 45.3 Å². The molecule has 0 aliphatic carbocycles. The number of carboxylic acids is 1. The molecule has 6 heteroatoms. The van der Waals surface area contributed by atoms with Gasteiger partial charge >= 0.3 is 5.97 Å². The van der Waals surface area contributed by atoms with Gasteiger partial charge in [0.05, 0.1) is 17.5 Å². The molecule has 0 bridgehead atoms. The minimum absolute atomic E-state index is 0.195. The van der Waals surface area contributed by atoms with Crippen molar-refractivity contribution in [3.63, 3.8) is 0 Å². The van der Waals surface area contributed by atoms with Gasteiger partial charge < -0.3 is 5.11 Å². The number of aliphatic carboxylic acids is 1. The first-order chi connectivity index (χ1) is 8.49. The van der Waals surface area contributed by atoms with E-state index in [9.17, 15) is 9.00 Å². The molecule has 0 spiro atoms. The number of carboxylic acid groups (broad SMARTS) is 1. The quantitative estimate of drug-likeness (QED) is 0.823. The zero-order valence-electron chi connectivity index (χ0n) is 11.0. The highest BCUT2D eigenvalue weighted by Gasteiger charge is 2.20. The van der Waals surface area contributed by atoms with Gasteiger partial charge in [-0.2, -0.15) is 5.10 Å². The SMILES string of the molecule is CCC(CC)n1ccc(CS(=O)C(C)C(=O)O)n1. The molecule has 0 aliphatic rings. The van der Waals surface area contributed by atoms with Gasteiger partial charge in [0.15, 0.2) is 0 Å². The Kier molecular flexibility index (Phi) is 5.53. The van der Waals surface area contributed by atoms with Crippen LogP contribution < -0.4 is 0 Å². The topological polar surface area (TPSA) is 72.2 Å². The van der Waals surface area contributed by atoms with E-state index in [1.54, 1.807) is 0 Å². The van der Waals surface area contributed by atoms with Gasteiger partial charge in [0.1, 0.15) is 5.25 Å². The van der Waals surface area contributed by atoms with Crippen molar-refractivity contribution >= 4 is 16.8 Å². The number of hydrogen-bond donors (Lipinski definition) is 1. The standard InChI is InChI=1S/C12H20N2O3S/c1-4-11(5-2)14-7-6-10(13-14)8-18(17)9(3)12(15)16/h6-7,9,11H,4-5,8H2,1-3H3,(H,15,16). The first-order valence-electron chi connectivity index (χ1n) is 6.13. The van der Waals surface area contributed by atoms with Crippen LogP contribution in [0.3, 0.4) is 0 Å². The number of rotatable bonds is 7. The van der Waals surface area contributed by atoms with Crippen molar-refractivity contribution in [1.82, 2.24) is 9.78 Å². The summed E-state index contributed by atoms with van der Waals surface area (Å²) in [6.45, 7) is 5.65. The van der Waals surface area contributed by atoms with Crippen LogP contribution in [0, 0.1) is 0 Å². The fourth-order valence-electron chi connectivity index (χ4n) is 1.70. The first-order valence-corrected chi connectivity index (χ1v) is 7.51. The smallest absolute Gasteiger partial charge is 0.318 e. The number of hydrogen-bond acceptors (Lipinski definition) is 3. The van der Waals surface area contributed by atoms with Gasteiger partial charge in [-0.05, 0) is 25.8 Å². The molecule has 0 aromatic carbocycles. The van der Waals surface area contributed by atoms with E-state index in [0.717, 1.165) is 12.8 Å². The van der Waals surface area contributed by atoms with E-state index < -0.39 is 22.0 Å². The third-order valence-corrected chi connectivity index (χ3v) is 4.58. The Balaban J connectivity index is 2.69. The zero-order valence-corrected chi connectivity index (χ0v) is 11.8. The maximum Gasteiger partial charge on any atom is 0.318 e. The van der Waals surface area contributed by atoms with E-state index in [1.165, 1.54) is 6.92 Å². The molecule has 0 aliphatic heterocycles. The Labute approximate surface area is 110 Å². The molecule has 2 atom stereocenters. The summed E-state index contributed by atoms with van der Waals surface area (Å²) < 4.78 is 13.6. The van der Waals surface area contributed by atoms with E-state index in [1.807, 2.05) is 16.9 Å². The molecule has 0 fully saturated rings. The second-order valence-corrected chi connectivity index (χ2v) is 6.02. The van der Waals surface area contributed by atoms with Crippen LogP contribution in [-0.4, -0.2) is 30.3 Å². The highest BCUT2D eigenvalue weighted by molar-refractivity contribution is 7.85. The van der Waals surface area contributed by atoms with Gasteiger partial charge in [-0.15, -0.1) is 0 Å². The van der Waals surface area contributed by atoms with Gasteiger partial charge in [0.25, 0.3) is 0 Å². The molecule has 0 radical (unpaired) electrons. The normalized spacial score (nSPS) is 14.7. The summed E-state index contributed by atoms with van der Waals surface area (Å²) in [6.07, 6.45) is 3.86. The Morgan fingerprint density at radius 3 is 2.61 bits per heavy atom. The van der Waals surface area contributed by atoms with Crippen LogP contribution in [0.15, 0.2) is 12.3 Å². The van der Waals surface area contributed by atoms with Gasteiger partial charge in [0.2, 0.25) is 0 Å². The van der Waals surface area contributed by atoms with Crippen LogP contribution in [0.5, 0.6) is 0 Å². The molecule has 0 saturated carbocycles. The summed E-state index contributed by atoms with van der Waals surface area (Å²) in [5, 5.41) is 12.3. The van der Waals surface area contributed by atoms with Crippen LogP contribution >= 0.6 is 0 Å². The molecular formula is C12H20N2O3S. The van der Waals surface area contributed by atoms with E-state index in [0.29, 0.717) is 11.7 Å². The average Bonchev–Trinajstić information content (AvgIpc) is 2.78. The number of nitrogens with zero attached hydrogens (tertiary/aromatic N) is 2. The predicted octanol–water partition coefficient (Wildman–Crippen LogP) is 1.97. The molecule has 18 heavy (non-hydrogen) atoms. The van der Waals surface area contributed by atoms with Crippen molar-refractivity contribution in [2.24, 2.45) is 0 Å². The van der Waals surface area contributed by atoms with Gasteiger partial charge in [-0.3, -0.25) is 13.7 Å². The average molecular weight is 272 g/mol. The molecule has 1 aromatic rings. The van der Waals surface area contributed by atoms with Crippen molar-refractivity contribution in [1.29, 1.82) is 0 Å². The summed E-state index contributed by atoms with van der Waals surface area (Å²) in [4.78, 5) is 10.7. The summed E-state index contributed by atoms with van der Waals surface area (Å²) in [6, 6.07) is 2.16. The number of carbonyl (C=O) groups is 1. The first kappa shape index (κ1) is 14.9. The summed E-state index contributed by atoms with van der Waals surface area (Å²) >= 11 is 0. The molecule has 1 heterocycles. The van der Waals surface area contributed by atoms with Crippen LogP contribution in [-0.2, 0) is 21.3 Å². The second kappa shape index (κ2) is 6.68. The minimum Gasteiger partial charge on any atom is -0.480 e. The van der Waals surface area contributed by atoms with Crippen molar-refractivity contribution in [3.05, 3.63) is 18.0 Å². The maximum atomic E-state index is 11.8. The van der Waals surface area contributed by atoms with E-state index in [2.05, 4.69) is 18.9 Å². The molecular weight excluding hydrogens is 252 g/mol. The molecule has 102 valence electrons. The lowest BCUT2D eigenvalue weighted by Gasteiger charge is -2.12. The fraction of sp³-hybridized carbons (Fsp3) is 0.667. The third kappa shape index (κ3) is 3.66. The molecule has 2 unspecified atom stereocenters. The van der Waals surface area contributed by atoms with Gasteiger partial charge in [-0.25, -0.2) is 0 Å². The molecule has 0 amide bonds. The molecule has 1 rings (SSSR count). The van der Waals surface area contributed by atoms with Crippen LogP contribution in [0.4, 0.5) is 0 Å². The maximum absolute atomic E-state index is 11.8. The van der Waals surface area contributed by atoms with Crippen LogP contribution in [0.2, 0.25) is 0 Å². The fourth-order valence-corrected chi connectivity index (χ4v) is 2.62. The molecule has 5 nitrogen and oxygen atoms in total. The van der Waals surface area contributed by atoms with Gasteiger partial charge in [-0.1, -0.05) is 13.8 Å². The van der Waals surface area contributed by atoms with Crippen molar-refractivity contribution in [3.8, 4) is 0 Å². The minimum atomic E-state index is -1.43. The summed E-state index contributed by atoms with van der Waals surface area (Å²) in [5.41, 5.74) is 0.688. The highest BCUT2D eigenvalue weighted by atomic mass is 32.2. The van der Waals surface area contributed by atoms with Crippen molar-refractivity contribution < 1.29 is 14.1 Å². The monoisotopic (exact) mass is 272 g/mol. The third-order valence-electron chi connectivity index (χ3n) is 3.01. The molecule has 0 saturated heterocycles. The number of aromatic nitrogens is 2. The summed E-state index contributed by atoms with van der Waals surface area (Å²) in [7, 11) is -1.43. The Morgan fingerprint density at radius 2 is 2.11 bits per heavy atom. The van der Waals surface area contributed by atoms with Crippen molar-refractivity contribution in [2.45, 2.75) is 50.7 Å².